The van der Waals surface area contributed by atoms with Crippen molar-refractivity contribution in [2.75, 3.05) is 0 Å². The number of allylic oxidation sites excluding steroid dienone is 1. The van der Waals surface area contributed by atoms with Crippen LogP contribution in [0.5, 0.6) is 0 Å². The first-order valence-corrected chi connectivity index (χ1v) is 10.7. The fourth-order valence-electron chi connectivity index (χ4n) is 4.52. The van der Waals surface area contributed by atoms with E-state index in [0.717, 1.165) is 17.5 Å². The van der Waals surface area contributed by atoms with Crippen LogP contribution in [0, 0.1) is 11.7 Å². The van der Waals surface area contributed by atoms with E-state index in [0.29, 0.717) is 22.0 Å². The van der Waals surface area contributed by atoms with Crippen LogP contribution in [-0.2, 0) is 24.3 Å². The Morgan fingerprint density at radius 1 is 1.22 bits per heavy atom. The number of carboxylic acids is 1. The molecule has 7 heteroatoms. The van der Waals surface area contributed by atoms with Gasteiger partial charge in [-0.2, -0.15) is 0 Å². The molecule has 1 aliphatic heterocycles. The molecule has 32 heavy (non-hydrogen) atoms. The number of aromatic nitrogens is 1. The van der Waals surface area contributed by atoms with Crippen molar-refractivity contribution >= 4 is 22.8 Å². The summed E-state index contributed by atoms with van der Waals surface area (Å²) < 4.78 is 16.3. The Morgan fingerprint density at radius 3 is 2.62 bits per heavy atom. The third-order valence-corrected chi connectivity index (χ3v) is 6.20. The minimum absolute atomic E-state index is 0.00750. The molecule has 0 radical (unpaired) electrons. The van der Waals surface area contributed by atoms with E-state index in [1.54, 1.807) is 22.9 Å². The topological polar surface area (TPSA) is 97.4 Å². The Kier molecular flexibility index (Phi) is 5.84. The number of carboxylic acid groups (broad SMARTS) is 1. The van der Waals surface area contributed by atoms with Crippen LogP contribution in [0.3, 0.4) is 0 Å². The molecular formula is C25H26FN3O3. The fourth-order valence-corrected chi connectivity index (χ4v) is 4.52. The molecule has 1 amide bonds. The molecule has 0 aliphatic carbocycles. The van der Waals surface area contributed by atoms with Gasteiger partial charge in [-0.15, -0.1) is 0 Å². The van der Waals surface area contributed by atoms with Gasteiger partial charge in [0.1, 0.15) is 11.5 Å². The van der Waals surface area contributed by atoms with Crippen LogP contribution >= 0.6 is 0 Å². The number of carbonyl (C=O) groups is 2. The molecule has 166 valence electrons. The number of halogens is 1. The van der Waals surface area contributed by atoms with Crippen molar-refractivity contribution < 1.29 is 19.1 Å². The van der Waals surface area contributed by atoms with E-state index in [9.17, 15) is 19.1 Å². The maximum Gasteiger partial charge on any atom is 0.352 e. The van der Waals surface area contributed by atoms with E-state index in [4.69, 9.17) is 5.73 Å². The molecule has 4 N–H and O–H groups in total. The predicted octanol–water partition coefficient (Wildman–Crippen LogP) is 3.91. The summed E-state index contributed by atoms with van der Waals surface area (Å²) in [7, 11) is 0. The van der Waals surface area contributed by atoms with E-state index in [-0.39, 0.29) is 30.6 Å². The molecule has 2 unspecified atom stereocenters. The number of aromatic carboxylic acids is 1. The lowest BCUT2D eigenvalue weighted by molar-refractivity contribution is -0.122. The average Bonchev–Trinajstić information content (AvgIpc) is 3.08. The molecule has 1 aromatic heterocycles. The third kappa shape index (κ3) is 3.69. The number of aryl methyl sites for hydroxylation is 1. The van der Waals surface area contributed by atoms with E-state index in [1.165, 1.54) is 6.07 Å². The van der Waals surface area contributed by atoms with Crippen LogP contribution in [0.1, 0.15) is 52.5 Å². The lowest BCUT2D eigenvalue weighted by atomic mass is 9.83. The van der Waals surface area contributed by atoms with E-state index < -0.39 is 17.7 Å². The monoisotopic (exact) mass is 435 g/mol. The summed E-state index contributed by atoms with van der Waals surface area (Å²) in [6.45, 7) is 4.18. The normalized spacial score (nSPS) is 18.2. The molecular weight excluding hydrogens is 409 g/mol. The largest absolute Gasteiger partial charge is 0.477 e. The van der Waals surface area contributed by atoms with Gasteiger partial charge in [-0.1, -0.05) is 32.1 Å². The number of carbonyl (C=O) groups excluding carboxylic acids is 1. The smallest absolute Gasteiger partial charge is 0.352 e. The van der Waals surface area contributed by atoms with Gasteiger partial charge in [0.05, 0.1) is 12.5 Å². The minimum Gasteiger partial charge on any atom is -0.477 e. The molecule has 0 spiro atoms. The number of rotatable bonds is 6. The Labute approximate surface area is 185 Å². The number of benzene rings is 2. The first-order chi connectivity index (χ1) is 15.3. The maximum atomic E-state index is 14.7. The van der Waals surface area contributed by atoms with Crippen LogP contribution in [0.2, 0.25) is 0 Å². The van der Waals surface area contributed by atoms with Crippen LogP contribution in [0.25, 0.3) is 10.9 Å². The second-order valence-corrected chi connectivity index (χ2v) is 8.19. The van der Waals surface area contributed by atoms with Crippen LogP contribution in [0.15, 0.2) is 48.7 Å². The number of hydrogen-bond donors (Lipinski definition) is 3. The highest BCUT2D eigenvalue weighted by Gasteiger charge is 2.36. The van der Waals surface area contributed by atoms with E-state index >= 15 is 0 Å². The lowest BCUT2D eigenvalue weighted by Gasteiger charge is -2.24. The Bertz CT molecular complexity index is 1240. The molecule has 0 saturated carbocycles. The molecule has 2 atom stereocenters. The van der Waals surface area contributed by atoms with Gasteiger partial charge < -0.3 is 20.7 Å². The Morgan fingerprint density at radius 2 is 1.97 bits per heavy atom. The van der Waals surface area contributed by atoms with Crippen molar-refractivity contribution in [1.82, 2.24) is 9.88 Å². The second kappa shape index (κ2) is 8.59. The molecule has 0 saturated heterocycles. The fraction of sp³-hybridized carbons (Fsp3) is 0.280. The van der Waals surface area contributed by atoms with Gasteiger partial charge in [0.2, 0.25) is 5.91 Å². The summed E-state index contributed by atoms with van der Waals surface area (Å²) in [4.78, 5) is 25.4. The lowest BCUT2D eigenvalue weighted by Crippen LogP contribution is -2.33. The predicted molar refractivity (Wildman–Crippen MR) is 121 cm³/mol. The summed E-state index contributed by atoms with van der Waals surface area (Å²) >= 11 is 0. The molecule has 2 heterocycles. The summed E-state index contributed by atoms with van der Waals surface area (Å²) in [5.74, 6) is -2.69. The SMILES string of the molecule is CCc1ccc2c(c1)c(C1C(=O)NC=CC1C)c(C(=O)O)n2Cc1cc(CN)ccc1F. The number of nitrogens with two attached hydrogens (primary N) is 1. The highest BCUT2D eigenvalue weighted by molar-refractivity contribution is 6.03. The number of hydrogen-bond acceptors (Lipinski definition) is 3. The first kappa shape index (κ1) is 21.8. The second-order valence-electron chi connectivity index (χ2n) is 8.19. The van der Waals surface area contributed by atoms with Gasteiger partial charge in [0.25, 0.3) is 0 Å². The zero-order chi connectivity index (χ0) is 23.0. The van der Waals surface area contributed by atoms with Crippen molar-refractivity contribution in [1.29, 1.82) is 0 Å². The minimum atomic E-state index is -1.15. The standard InChI is InChI=1S/C25H26FN3O3/c1-3-15-5-7-20-18(11-15)22(21-14(2)8-9-28-24(21)30)23(25(31)32)29(20)13-17-10-16(12-27)4-6-19(17)26/h4-11,14,21H,3,12-13,27H2,1-2H3,(H,28,30)(H,31,32). The van der Waals surface area contributed by atoms with Crippen molar-refractivity contribution in [3.8, 4) is 0 Å². The Hall–Kier alpha value is -3.45. The maximum absolute atomic E-state index is 14.7. The molecule has 1 aliphatic rings. The number of fused-ring (bicyclic) bond motifs is 1. The van der Waals surface area contributed by atoms with Gasteiger partial charge >= 0.3 is 5.97 Å². The van der Waals surface area contributed by atoms with Gasteiger partial charge in [-0.3, -0.25) is 4.79 Å². The van der Waals surface area contributed by atoms with Crippen LogP contribution in [0.4, 0.5) is 4.39 Å². The van der Waals surface area contributed by atoms with E-state index in [1.807, 2.05) is 38.1 Å². The van der Waals surface area contributed by atoms with Crippen molar-refractivity contribution in [2.45, 2.75) is 39.3 Å². The molecule has 3 aromatic rings. The molecule has 6 nitrogen and oxygen atoms in total. The number of nitrogens with zero attached hydrogens (tertiary/aromatic N) is 1. The zero-order valence-corrected chi connectivity index (χ0v) is 18.1. The molecule has 2 aromatic carbocycles. The van der Waals surface area contributed by atoms with Crippen molar-refractivity contribution in [3.05, 3.63) is 82.4 Å². The third-order valence-electron chi connectivity index (χ3n) is 6.20. The number of nitrogens with one attached hydrogen (secondary N) is 1. The summed E-state index contributed by atoms with van der Waals surface area (Å²) in [5, 5.41) is 13.7. The number of amides is 1. The summed E-state index contributed by atoms with van der Waals surface area (Å²) in [6, 6.07) is 10.4. The van der Waals surface area contributed by atoms with Crippen molar-refractivity contribution in [2.24, 2.45) is 11.7 Å². The average molecular weight is 435 g/mol. The Balaban J connectivity index is 2.01. The highest BCUT2D eigenvalue weighted by atomic mass is 19.1. The van der Waals surface area contributed by atoms with Gasteiger partial charge in [-0.25, -0.2) is 9.18 Å². The van der Waals surface area contributed by atoms with Gasteiger partial charge in [0, 0.05) is 34.8 Å². The molecule has 4 rings (SSSR count). The van der Waals surface area contributed by atoms with Crippen LogP contribution < -0.4 is 11.1 Å². The highest BCUT2D eigenvalue weighted by Crippen LogP contribution is 2.39. The summed E-state index contributed by atoms with van der Waals surface area (Å²) in [5.41, 5.74) is 8.98. The quantitative estimate of drug-likeness (QED) is 0.547. The summed E-state index contributed by atoms with van der Waals surface area (Å²) in [6.07, 6.45) is 4.21. The van der Waals surface area contributed by atoms with Crippen LogP contribution in [-0.4, -0.2) is 21.6 Å². The van der Waals surface area contributed by atoms with Gasteiger partial charge in [-0.05, 0) is 47.7 Å². The van der Waals surface area contributed by atoms with Crippen molar-refractivity contribution in [3.63, 3.8) is 0 Å². The first-order valence-electron chi connectivity index (χ1n) is 10.7. The molecule has 0 fully saturated rings. The van der Waals surface area contributed by atoms with Gasteiger partial charge in [0.15, 0.2) is 0 Å². The molecule has 0 bridgehead atoms. The van der Waals surface area contributed by atoms with E-state index in [2.05, 4.69) is 5.32 Å². The zero-order valence-electron chi connectivity index (χ0n) is 18.1.